The highest BCUT2D eigenvalue weighted by molar-refractivity contribution is 5.74. The number of pyridine rings is 1. The number of aromatic nitrogens is 1. The number of rotatable bonds is 5. The summed E-state index contributed by atoms with van der Waals surface area (Å²) in [6.07, 6.45) is 4.08. The molecule has 0 radical (unpaired) electrons. The number of anilines is 1. The number of urea groups is 1. The summed E-state index contributed by atoms with van der Waals surface area (Å²) in [4.78, 5) is 20.4. The molecule has 2 heterocycles. The van der Waals surface area contributed by atoms with E-state index in [2.05, 4.69) is 29.0 Å². The van der Waals surface area contributed by atoms with Crippen LogP contribution in [0.25, 0.3) is 0 Å². The fraction of sp³-hybridized carbons (Fsp3) is 0.600. The SMILES string of the molecule is CCN(CC)c1ccc(CNC(=O)N2CCCC2)cn1. The molecule has 1 aliphatic rings. The molecule has 0 bridgehead atoms. The Morgan fingerprint density at radius 1 is 1.30 bits per heavy atom. The first-order valence-electron chi connectivity index (χ1n) is 7.47. The van der Waals surface area contributed by atoms with E-state index in [0.29, 0.717) is 6.54 Å². The smallest absolute Gasteiger partial charge is 0.317 e. The summed E-state index contributed by atoms with van der Waals surface area (Å²) < 4.78 is 0. The highest BCUT2D eigenvalue weighted by atomic mass is 16.2. The average molecular weight is 276 g/mol. The molecule has 5 heteroatoms. The first kappa shape index (κ1) is 14.6. The Kier molecular flexibility index (Phi) is 5.21. The zero-order valence-electron chi connectivity index (χ0n) is 12.4. The van der Waals surface area contributed by atoms with Gasteiger partial charge < -0.3 is 15.1 Å². The van der Waals surface area contributed by atoms with Crippen LogP contribution in [0.15, 0.2) is 18.3 Å². The van der Waals surface area contributed by atoms with Gasteiger partial charge in [0.25, 0.3) is 0 Å². The number of nitrogens with one attached hydrogen (secondary N) is 1. The lowest BCUT2D eigenvalue weighted by Crippen LogP contribution is -2.37. The highest BCUT2D eigenvalue weighted by Crippen LogP contribution is 2.11. The second-order valence-electron chi connectivity index (χ2n) is 5.05. The van der Waals surface area contributed by atoms with Crippen LogP contribution in [0.4, 0.5) is 10.6 Å². The van der Waals surface area contributed by atoms with Gasteiger partial charge in [-0.05, 0) is 38.3 Å². The monoisotopic (exact) mass is 276 g/mol. The molecule has 0 atom stereocenters. The van der Waals surface area contributed by atoms with Crippen molar-refractivity contribution in [2.45, 2.75) is 33.2 Å². The Morgan fingerprint density at radius 3 is 2.55 bits per heavy atom. The van der Waals surface area contributed by atoms with Crippen molar-refractivity contribution in [3.8, 4) is 0 Å². The van der Waals surface area contributed by atoms with Crippen LogP contribution >= 0.6 is 0 Å². The first-order chi connectivity index (χ1) is 9.74. The molecular formula is C15H24N4O. The lowest BCUT2D eigenvalue weighted by atomic mass is 10.2. The van der Waals surface area contributed by atoms with E-state index in [1.54, 1.807) is 0 Å². The van der Waals surface area contributed by atoms with Gasteiger partial charge in [0.2, 0.25) is 0 Å². The molecular weight excluding hydrogens is 252 g/mol. The fourth-order valence-corrected chi connectivity index (χ4v) is 2.47. The molecule has 0 saturated carbocycles. The maximum atomic E-state index is 11.9. The first-order valence-corrected chi connectivity index (χ1v) is 7.47. The summed E-state index contributed by atoms with van der Waals surface area (Å²) in [7, 11) is 0. The molecule has 110 valence electrons. The molecule has 1 saturated heterocycles. The third kappa shape index (κ3) is 3.62. The number of carbonyl (C=O) groups excluding carboxylic acids is 1. The van der Waals surface area contributed by atoms with E-state index in [1.807, 2.05) is 23.2 Å². The van der Waals surface area contributed by atoms with Crippen LogP contribution in [-0.2, 0) is 6.54 Å². The zero-order valence-corrected chi connectivity index (χ0v) is 12.4. The number of hydrogen-bond donors (Lipinski definition) is 1. The van der Waals surface area contributed by atoms with Gasteiger partial charge in [-0.3, -0.25) is 0 Å². The van der Waals surface area contributed by atoms with E-state index < -0.39 is 0 Å². The molecule has 0 spiro atoms. The molecule has 2 rings (SSSR count). The van der Waals surface area contributed by atoms with E-state index in [0.717, 1.165) is 50.4 Å². The number of hydrogen-bond acceptors (Lipinski definition) is 3. The van der Waals surface area contributed by atoms with Gasteiger partial charge >= 0.3 is 6.03 Å². The van der Waals surface area contributed by atoms with Crippen molar-refractivity contribution in [1.29, 1.82) is 0 Å². The molecule has 20 heavy (non-hydrogen) atoms. The minimum atomic E-state index is 0.0373. The lowest BCUT2D eigenvalue weighted by molar-refractivity contribution is 0.208. The molecule has 1 aliphatic heterocycles. The van der Waals surface area contributed by atoms with Gasteiger partial charge in [0.05, 0.1) is 0 Å². The molecule has 0 aromatic carbocycles. The van der Waals surface area contributed by atoms with Crippen LogP contribution in [0.2, 0.25) is 0 Å². The van der Waals surface area contributed by atoms with Crippen molar-refractivity contribution in [2.75, 3.05) is 31.1 Å². The number of amides is 2. The summed E-state index contributed by atoms with van der Waals surface area (Å²) in [6.45, 7) is 8.45. The van der Waals surface area contributed by atoms with Crippen LogP contribution in [0.3, 0.4) is 0 Å². The molecule has 1 aromatic rings. The van der Waals surface area contributed by atoms with E-state index in [1.165, 1.54) is 0 Å². The predicted molar refractivity (Wildman–Crippen MR) is 80.8 cm³/mol. The Bertz CT molecular complexity index is 422. The van der Waals surface area contributed by atoms with Gasteiger partial charge in [-0.25, -0.2) is 9.78 Å². The topological polar surface area (TPSA) is 48.5 Å². The zero-order chi connectivity index (χ0) is 14.4. The number of likely N-dealkylation sites (tertiary alicyclic amines) is 1. The van der Waals surface area contributed by atoms with Crippen molar-refractivity contribution in [3.63, 3.8) is 0 Å². The molecule has 1 N–H and O–H groups in total. The average Bonchev–Trinajstić information content (AvgIpc) is 3.01. The predicted octanol–water partition coefficient (Wildman–Crippen LogP) is 2.23. The quantitative estimate of drug-likeness (QED) is 0.897. The maximum absolute atomic E-state index is 11.9. The van der Waals surface area contributed by atoms with Crippen LogP contribution in [0, 0.1) is 0 Å². The Labute approximate surface area is 121 Å². The highest BCUT2D eigenvalue weighted by Gasteiger charge is 2.17. The standard InChI is InChI=1S/C15H24N4O/c1-3-18(4-2)14-8-7-13(11-16-14)12-17-15(20)19-9-5-6-10-19/h7-8,11H,3-6,9-10,12H2,1-2H3,(H,17,20). The van der Waals surface area contributed by atoms with E-state index in [4.69, 9.17) is 0 Å². The number of nitrogens with zero attached hydrogens (tertiary/aromatic N) is 3. The minimum absolute atomic E-state index is 0.0373. The lowest BCUT2D eigenvalue weighted by Gasteiger charge is -2.20. The van der Waals surface area contributed by atoms with Gasteiger partial charge in [0.15, 0.2) is 0 Å². The second kappa shape index (κ2) is 7.12. The van der Waals surface area contributed by atoms with Gasteiger partial charge in [0, 0.05) is 38.9 Å². The molecule has 0 aliphatic carbocycles. The summed E-state index contributed by atoms with van der Waals surface area (Å²) in [5.74, 6) is 0.990. The van der Waals surface area contributed by atoms with Crippen LogP contribution in [-0.4, -0.2) is 42.1 Å². The molecule has 1 fully saturated rings. The van der Waals surface area contributed by atoms with Crippen LogP contribution < -0.4 is 10.2 Å². The van der Waals surface area contributed by atoms with Crippen molar-refractivity contribution < 1.29 is 4.79 Å². The Morgan fingerprint density at radius 2 is 2.00 bits per heavy atom. The minimum Gasteiger partial charge on any atom is -0.357 e. The van der Waals surface area contributed by atoms with Gasteiger partial charge in [0.1, 0.15) is 5.82 Å². The fourth-order valence-electron chi connectivity index (χ4n) is 2.47. The van der Waals surface area contributed by atoms with E-state index in [-0.39, 0.29) is 6.03 Å². The van der Waals surface area contributed by atoms with E-state index >= 15 is 0 Å². The van der Waals surface area contributed by atoms with Crippen molar-refractivity contribution in [1.82, 2.24) is 15.2 Å². The van der Waals surface area contributed by atoms with Crippen molar-refractivity contribution in [2.24, 2.45) is 0 Å². The van der Waals surface area contributed by atoms with Gasteiger partial charge in [-0.1, -0.05) is 6.07 Å². The largest absolute Gasteiger partial charge is 0.357 e. The van der Waals surface area contributed by atoms with Crippen molar-refractivity contribution in [3.05, 3.63) is 23.9 Å². The maximum Gasteiger partial charge on any atom is 0.317 e. The number of carbonyl (C=O) groups is 1. The third-order valence-electron chi connectivity index (χ3n) is 3.73. The summed E-state index contributed by atoms with van der Waals surface area (Å²) in [5, 5.41) is 2.95. The molecule has 1 aromatic heterocycles. The Hall–Kier alpha value is -1.78. The van der Waals surface area contributed by atoms with Crippen molar-refractivity contribution >= 4 is 11.8 Å². The summed E-state index contributed by atoms with van der Waals surface area (Å²) in [6, 6.07) is 4.09. The van der Waals surface area contributed by atoms with Gasteiger partial charge in [-0.2, -0.15) is 0 Å². The second-order valence-corrected chi connectivity index (χ2v) is 5.05. The van der Waals surface area contributed by atoms with Crippen LogP contribution in [0.5, 0.6) is 0 Å². The molecule has 0 unspecified atom stereocenters. The van der Waals surface area contributed by atoms with Crippen LogP contribution in [0.1, 0.15) is 32.3 Å². The van der Waals surface area contributed by atoms with E-state index in [9.17, 15) is 4.79 Å². The molecule has 5 nitrogen and oxygen atoms in total. The Balaban J connectivity index is 1.85. The third-order valence-corrected chi connectivity index (χ3v) is 3.73. The summed E-state index contributed by atoms with van der Waals surface area (Å²) >= 11 is 0. The summed E-state index contributed by atoms with van der Waals surface area (Å²) in [5.41, 5.74) is 1.04. The van der Waals surface area contributed by atoms with Gasteiger partial charge in [-0.15, -0.1) is 0 Å². The molecule has 2 amide bonds. The normalized spacial score (nSPS) is 14.4.